The Bertz CT molecular complexity index is 718. The molecule has 2 heterocycles. The molecule has 1 aliphatic rings. The summed E-state index contributed by atoms with van der Waals surface area (Å²) in [4.78, 5) is 29.9. The van der Waals surface area contributed by atoms with Gasteiger partial charge < -0.3 is 10.2 Å². The summed E-state index contributed by atoms with van der Waals surface area (Å²) in [7, 11) is 0. The number of halogens is 1. The molecular formula is C15H12ClN3O2. The summed E-state index contributed by atoms with van der Waals surface area (Å²) in [6, 6.07) is 8.97. The van der Waals surface area contributed by atoms with Gasteiger partial charge in [-0.05, 0) is 17.7 Å². The summed E-state index contributed by atoms with van der Waals surface area (Å²) in [6.07, 6.45) is 2.93. The fourth-order valence-electron chi connectivity index (χ4n) is 2.25. The van der Waals surface area contributed by atoms with Crippen molar-refractivity contribution in [2.75, 3.05) is 11.9 Å². The smallest absolute Gasteiger partial charge is 0.257 e. The molecule has 1 aliphatic heterocycles. The quantitative estimate of drug-likeness (QED) is 0.879. The van der Waals surface area contributed by atoms with E-state index in [1.807, 2.05) is 24.3 Å². The molecule has 0 saturated carbocycles. The van der Waals surface area contributed by atoms with E-state index in [1.54, 1.807) is 6.07 Å². The Morgan fingerprint density at radius 2 is 2.05 bits per heavy atom. The lowest BCUT2D eigenvalue weighted by atomic mass is 10.1. The summed E-state index contributed by atoms with van der Waals surface area (Å²) in [5, 5.41) is 3.12. The molecule has 0 atom stereocenters. The van der Waals surface area contributed by atoms with Crippen molar-refractivity contribution in [2.24, 2.45) is 0 Å². The van der Waals surface area contributed by atoms with E-state index in [0.717, 1.165) is 11.3 Å². The van der Waals surface area contributed by atoms with Crippen LogP contribution in [0.2, 0.25) is 5.02 Å². The first kappa shape index (κ1) is 13.6. The van der Waals surface area contributed by atoms with E-state index in [1.165, 1.54) is 17.3 Å². The third kappa shape index (κ3) is 2.73. The minimum atomic E-state index is -0.306. The lowest BCUT2D eigenvalue weighted by molar-refractivity contribution is -0.116. The topological polar surface area (TPSA) is 62.3 Å². The van der Waals surface area contributed by atoms with E-state index in [-0.39, 0.29) is 18.4 Å². The van der Waals surface area contributed by atoms with Crippen molar-refractivity contribution in [3.8, 4) is 0 Å². The van der Waals surface area contributed by atoms with Gasteiger partial charge in [0.05, 0.1) is 10.6 Å². The fourth-order valence-corrected chi connectivity index (χ4v) is 2.44. The van der Waals surface area contributed by atoms with Gasteiger partial charge >= 0.3 is 0 Å². The molecule has 6 heteroatoms. The Hall–Kier alpha value is -2.40. The zero-order valence-corrected chi connectivity index (χ0v) is 11.8. The molecule has 1 aromatic heterocycles. The van der Waals surface area contributed by atoms with Crippen LogP contribution in [0.5, 0.6) is 0 Å². The maximum Gasteiger partial charge on any atom is 0.257 e. The number of carbonyl (C=O) groups is 2. The van der Waals surface area contributed by atoms with Gasteiger partial charge in [0, 0.05) is 24.6 Å². The number of hydrogen-bond acceptors (Lipinski definition) is 3. The number of para-hydroxylation sites is 1. The minimum absolute atomic E-state index is 0.0151. The predicted molar refractivity (Wildman–Crippen MR) is 79.1 cm³/mol. The summed E-state index contributed by atoms with van der Waals surface area (Å²) in [6.45, 7) is 0.331. The standard InChI is InChI=1S/C15H12ClN3O2/c16-12-5-6-17-7-11(12)15(21)19-8-10-3-1-2-4-13(10)18-14(20)9-19/h1-7H,8-9H2,(H,18,20). The maximum absolute atomic E-state index is 12.6. The first-order valence-corrected chi connectivity index (χ1v) is 6.79. The van der Waals surface area contributed by atoms with E-state index in [2.05, 4.69) is 10.3 Å². The summed E-state index contributed by atoms with van der Waals surface area (Å²) >= 11 is 6.03. The molecule has 0 saturated heterocycles. The maximum atomic E-state index is 12.6. The largest absolute Gasteiger partial charge is 0.325 e. The first-order valence-electron chi connectivity index (χ1n) is 6.41. The number of benzene rings is 1. The summed E-state index contributed by atoms with van der Waals surface area (Å²) in [5.41, 5.74) is 1.91. The van der Waals surface area contributed by atoms with Crippen molar-refractivity contribution in [3.63, 3.8) is 0 Å². The zero-order chi connectivity index (χ0) is 14.8. The third-order valence-electron chi connectivity index (χ3n) is 3.27. The Kier molecular flexibility index (Phi) is 3.58. The van der Waals surface area contributed by atoms with Crippen LogP contribution in [-0.4, -0.2) is 28.2 Å². The van der Waals surface area contributed by atoms with Crippen LogP contribution in [0.15, 0.2) is 42.7 Å². The normalized spacial score (nSPS) is 14.1. The molecule has 2 amide bonds. The Balaban J connectivity index is 1.94. The van der Waals surface area contributed by atoms with E-state index in [0.29, 0.717) is 17.1 Å². The van der Waals surface area contributed by atoms with E-state index < -0.39 is 0 Å². The van der Waals surface area contributed by atoms with Gasteiger partial charge in [-0.15, -0.1) is 0 Å². The van der Waals surface area contributed by atoms with Gasteiger partial charge in [-0.1, -0.05) is 29.8 Å². The van der Waals surface area contributed by atoms with E-state index >= 15 is 0 Å². The summed E-state index contributed by atoms with van der Waals surface area (Å²) in [5.74, 6) is -0.534. The fraction of sp³-hybridized carbons (Fsp3) is 0.133. The average Bonchev–Trinajstić information content (AvgIpc) is 2.65. The number of fused-ring (bicyclic) bond motifs is 1. The number of rotatable bonds is 1. The Labute approximate surface area is 126 Å². The second-order valence-corrected chi connectivity index (χ2v) is 5.13. The highest BCUT2D eigenvalue weighted by Gasteiger charge is 2.25. The van der Waals surface area contributed by atoms with Gasteiger partial charge in [0.1, 0.15) is 6.54 Å². The van der Waals surface area contributed by atoms with Gasteiger partial charge in [-0.2, -0.15) is 0 Å². The van der Waals surface area contributed by atoms with Crippen molar-refractivity contribution in [3.05, 3.63) is 58.9 Å². The van der Waals surface area contributed by atoms with Crippen molar-refractivity contribution < 1.29 is 9.59 Å². The van der Waals surface area contributed by atoms with Crippen molar-refractivity contribution >= 4 is 29.1 Å². The average molecular weight is 302 g/mol. The van der Waals surface area contributed by atoms with Gasteiger partial charge in [0.15, 0.2) is 0 Å². The number of carbonyl (C=O) groups excluding carboxylic acids is 2. The molecule has 1 aromatic carbocycles. The van der Waals surface area contributed by atoms with Crippen LogP contribution in [-0.2, 0) is 11.3 Å². The third-order valence-corrected chi connectivity index (χ3v) is 3.60. The number of nitrogens with one attached hydrogen (secondary N) is 1. The second-order valence-electron chi connectivity index (χ2n) is 4.72. The molecule has 21 heavy (non-hydrogen) atoms. The van der Waals surface area contributed by atoms with E-state index in [4.69, 9.17) is 11.6 Å². The van der Waals surface area contributed by atoms with Crippen molar-refractivity contribution in [2.45, 2.75) is 6.54 Å². The van der Waals surface area contributed by atoms with Crippen molar-refractivity contribution in [1.82, 2.24) is 9.88 Å². The van der Waals surface area contributed by atoms with Crippen LogP contribution in [0, 0.1) is 0 Å². The van der Waals surface area contributed by atoms with Gasteiger partial charge in [0.25, 0.3) is 5.91 Å². The number of pyridine rings is 1. The lowest BCUT2D eigenvalue weighted by Gasteiger charge is -2.19. The number of nitrogens with zero attached hydrogens (tertiary/aromatic N) is 2. The van der Waals surface area contributed by atoms with Crippen LogP contribution < -0.4 is 5.32 Å². The Morgan fingerprint density at radius 3 is 2.86 bits per heavy atom. The molecule has 0 unspecified atom stereocenters. The number of hydrogen-bond donors (Lipinski definition) is 1. The highest BCUT2D eigenvalue weighted by atomic mass is 35.5. The number of amides is 2. The molecular weight excluding hydrogens is 290 g/mol. The van der Waals surface area contributed by atoms with Crippen LogP contribution in [0.25, 0.3) is 0 Å². The molecule has 0 fully saturated rings. The molecule has 2 aromatic rings. The van der Waals surface area contributed by atoms with E-state index in [9.17, 15) is 9.59 Å². The van der Waals surface area contributed by atoms with Crippen molar-refractivity contribution in [1.29, 1.82) is 0 Å². The Morgan fingerprint density at radius 1 is 1.24 bits per heavy atom. The van der Waals surface area contributed by atoms with Gasteiger partial charge in [0.2, 0.25) is 5.91 Å². The monoisotopic (exact) mass is 301 g/mol. The highest BCUT2D eigenvalue weighted by Crippen LogP contribution is 2.23. The second kappa shape index (κ2) is 5.54. The predicted octanol–water partition coefficient (Wildman–Crippen LogP) is 2.33. The van der Waals surface area contributed by atoms with Crippen LogP contribution in [0.3, 0.4) is 0 Å². The van der Waals surface area contributed by atoms with Crippen LogP contribution in [0.4, 0.5) is 5.69 Å². The molecule has 5 nitrogen and oxygen atoms in total. The highest BCUT2D eigenvalue weighted by molar-refractivity contribution is 6.33. The SMILES string of the molecule is O=C1CN(C(=O)c2cnccc2Cl)Cc2ccccc2N1. The molecule has 1 N–H and O–H groups in total. The van der Waals surface area contributed by atoms with Gasteiger partial charge in [-0.3, -0.25) is 14.6 Å². The molecule has 106 valence electrons. The zero-order valence-electron chi connectivity index (χ0n) is 11.0. The van der Waals surface area contributed by atoms with Crippen LogP contribution in [0.1, 0.15) is 15.9 Å². The number of aromatic nitrogens is 1. The molecule has 0 radical (unpaired) electrons. The first-order chi connectivity index (χ1) is 10.1. The minimum Gasteiger partial charge on any atom is -0.325 e. The number of anilines is 1. The van der Waals surface area contributed by atoms with Crippen LogP contribution >= 0.6 is 11.6 Å². The summed E-state index contributed by atoms with van der Waals surface area (Å²) < 4.78 is 0. The molecule has 3 rings (SSSR count). The molecule has 0 aliphatic carbocycles. The molecule has 0 spiro atoms. The molecule has 0 bridgehead atoms. The van der Waals surface area contributed by atoms with Gasteiger partial charge in [-0.25, -0.2) is 0 Å². The lowest BCUT2D eigenvalue weighted by Crippen LogP contribution is -2.35.